The van der Waals surface area contributed by atoms with Gasteiger partial charge in [-0.05, 0) is 25.2 Å². The quantitative estimate of drug-likeness (QED) is 0.214. The topological polar surface area (TPSA) is 179 Å². The number of carbonyl (C=O) groups is 5. The van der Waals surface area contributed by atoms with Gasteiger partial charge in [-0.2, -0.15) is 12.6 Å². The van der Waals surface area contributed by atoms with Crippen molar-refractivity contribution in [2.75, 3.05) is 12.3 Å². The molecule has 0 aromatic heterocycles. The number of nitrogens with two attached hydrogens (primary N) is 1. The van der Waals surface area contributed by atoms with Gasteiger partial charge in [0.2, 0.25) is 17.7 Å². The maximum Gasteiger partial charge on any atom is 0.326 e. The molecule has 0 aromatic carbocycles. The molecule has 170 valence electrons. The third-order valence-corrected chi connectivity index (χ3v) is 5.05. The van der Waals surface area contributed by atoms with E-state index in [-0.39, 0.29) is 24.6 Å². The van der Waals surface area contributed by atoms with E-state index < -0.39 is 60.2 Å². The van der Waals surface area contributed by atoms with Crippen molar-refractivity contribution in [3.63, 3.8) is 0 Å². The minimum absolute atomic E-state index is 0.00289. The van der Waals surface area contributed by atoms with E-state index in [9.17, 15) is 29.1 Å². The number of carboxylic acids is 2. The fourth-order valence-corrected chi connectivity index (χ4v) is 3.46. The maximum atomic E-state index is 12.8. The van der Waals surface area contributed by atoms with Gasteiger partial charge < -0.3 is 31.5 Å². The molecule has 1 aliphatic heterocycles. The molecule has 1 aliphatic rings. The Morgan fingerprint density at radius 2 is 1.70 bits per heavy atom. The van der Waals surface area contributed by atoms with Gasteiger partial charge in [0, 0.05) is 12.3 Å². The first kappa shape index (κ1) is 25.7. The summed E-state index contributed by atoms with van der Waals surface area (Å²) in [7, 11) is 0. The summed E-state index contributed by atoms with van der Waals surface area (Å²) >= 11 is 4.10. The predicted molar refractivity (Wildman–Crippen MR) is 110 cm³/mol. The van der Waals surface area contributed by atoms with Gasteiger partial charge in [0.15, 0.2) is 0 Å². The highest BCUT2D eigenvalue weighted by Crippen LogP contribution is 2.19. The molecule has 1 heterocycles. The van der Waals surface area contributed by atoms with Crippen molar-refractivity contribution < 1.29 is 34.2 Å². The zero-order valence-electron chi connectivity index (χ0n) is 17.0. The molecule has 11 nitrogen and oxygen atoms in total. The number of nitrogens with one attached hydrogen (secondary N) is 2. The minimum Gasteiger partial charge on any atom is -0.481 e. The van der Waals surface area contributed by atoms with Gasteiger partial charge in [0.1, 0.15) is 18.1 Å². The van der Waals surface area contributed by atoms with E-state index in [1.54, 1.807) is 0 Å². The number of hydrogen-bond acceptors (Lipinski definition) is 7. The smallest absolute Gasteiger partial charge is 0.326 e. The second-order valence-corrected chi connectivity index (χ2v) is 8.03. The average molecular weight is 447 g/mol. The van der Waals surface area contributed by atoms with Crippen LogP contribution in [0.25, 0.3) is 0 Å². The van der Waals surface area contributed by atoms with E-state index in [0.717, 1.165) is 0 Å². The summed E-state index contributed by atoms with van der Waals surface area (Å²) in [5.41, 5.74) is 5.55. The van der Waals surface area contributed by atoms with Crippen LogP contribution in [0.15, 0.2) is 0 Å². The lowest BCUT2D eigenvalue weighted by Gasteiger charge is -2.28. The van der Waals surface area contributed by atoms with Crippen LogP contribution in [0.3, 0.4) is 0 Å². The number of hydrogen-bond donors (Lipinski definition) is 6. The number of nitrogens with zero attached hydrogens (tertiary/aromatic N) is 1. The van der Waals surface area contributed by atoms with Crippen LogP contribution >= 0.6 is 12.6 Å². The Morgan fingerprint density at radius 3 is 2.20 bits per heavy atom. The largest absolute Gasteiger partial charge is 0.481 e. The molecule has 1 saturated heterocycles. The molecule has 0 aromatic rings. The molecule has 0 aliphatic carbocycles. The molecular weight excluding hydrogens is 416 g/mol. The SMILES string of the molecule is CC(C)CC(NC(=O)C(N)CC(=O)O)C(=O)NC(CS)C(=O)N1CCCC1C(=O)O. The maximum absolute atomic E-state index is 12.8. The third kappa shape index (κ3) is 7.48. The lowest BCUT2D eigenvalue weighted by atomic mass is 10.0. The van der Waals surface area contributed by atoms with Gasteiger partial charge in [-0.15, -0.1) is 0 Å². The molecular formula is C18H30N4O7S. The Kier molecular flexibility index (Phi) is 10.1. The van der Waals surface area contributed by atoms with Gasteiger partial charge >= 0.3 is 11.9 Å². The first-order chi connectivity index (χ1) is 14.0. The average Bonchev–Trinajstić information content (AvgIpc) is 3.13. The van der Waals surface area contributed by atoms with E-state index in [1.807, 2.05) is 13.8 Å². The van der Waals surface area contributed by atoms with Crippen molar-refractivity contribution in [3.8, 4) is 0 Å². The number of thiol groups is 1. The Hall–Kier alpha value is -2.34. The number of carbonyl (C=O) groups excluding carboxylic acids is 3. The van der Waals surface area contributed by atoms with Crippen molar-refractivity contribution in [1.82, 2.24) is 15.5 Å². The Balaban J connectivity index is 2.87. The van der Waals surface area contributed by atoms with Gasteiger partial charge in [0.25, 0.3) is 0 Å². The lowest BCUT2D eigenvalue weighted by Crippen LogP contribution is -2.58. The number of rotatable bonds is 11. The standard InChI is InChI=1S/C18H30N4O7S/c1-9(2)6-11(20-15(25)10(19)7-14(23)24)16(26)21-12(8-30)17(27)22-5-3-4-13(22)18(28)29/h9-13,30H,3-8,19H2,1-2H3,(H,20,25)(H,21,26)(H,23,24)(H,28,29). The van der Waals surface area contributed by atoms with Crippen LogP contribution in [0.4, 0.5) is 0 Å². The summed E-state index contributed by atoms with van der Waals surface area (Å²) in [5.74, 6) is -4.43. The zero-order valence-corrected chi connectivity index (χ0v) is 17.9. The Bertz CT molecular complexity index is 673. The van der Waals surface area contributed by atoms with E-state index in [4.69, 9.17) is 10.8 Å². The number of carboxylic acid groups (broad SMARTS) is 2. The molecule has 4 unspecified atom stereocenters. The second kappa shape index (κ2) is 11.7. The lowest BCUT2D eigenvalue weighted by molar-refractivity contribution is -0.149. The Labute approximate surface area is 180 Å². The van der Waals surface area contributed by atoms with Crippen LogP contribution < -0.4 is 16.4 Å². The van der Waals surface area contributed by atoms with Crippen LogP contribution in [-0.4, -0.2) is 81.2 Å². The summed E-state index contributed by atoms with van der Waals surface area (Å²) in [5, 5.41) is 23.0. The molecule has 3 amide bonds. The van der Waals surface area contributed by atoms with Crippen molar-refractivity contribution in [2.24, 2.45) is 11.7 Å². The highest BCUT2D eigenvalue weighted by Gasteiger charge is 2.38. The Morgan fingerprint density at radius 1 is 1.10 bits per heavy atom. The molecule has 12 heteroatoms. The van der Waals surface area contributed by atoms with Crippen LogP contribution in [0.2, 0.25) is 0 Å². The molecule has 0 bridgehead atoms. The molecule has 4 atom stereocenters. The summed E-state index contributed by atoms with van der Waals surface area (Å²) in [6, 6.07) is -4.38. The normalized spacial score (nSPS) is 19.1. The molecule has 30 heavy (non-hydrogen) atoms. The molecule has 0 spiro atoms. The van der Waals surface area contributed by atoms with E-state index in [1.165, 1.54) is 4.90 Å². The summed E-state index contributed by atoms with van der Waals surface area (Å²) < 4.78 is 0. The first-order valence-electron chi connectivity index (χ1n) is 9.70. The monoisotopic (exact) mass is 446 g/mol. The summed E-state index contributed by atoms with van der Waals surface area (Å²) in [4.78, 5) is 61.0. The third-order valence-electron chi connectivity index (χ3n) is 4.69. The fourth-order valence-electron chi connectivity index (χ4n) is 3.21. The van der Waals surface area contributed by atoms with Crippen LogP contribution in [-0.2, 0) is 24.0 Å². The fraction of sp³-hybridized carbons (Fsp3) is 0.722. The van der Waals surface area contributed by atoms with Crippen molar-refractivity contribution in [3.05, 3.63) is 0 Å². The van der Waals surface area contributed by atoms with Crippen LogP contribution in [0.5, 0.6) is 0 Å². The minimum atomic E-state index is -1.33. The van der Waals surface area contributed by atoms with Gasteiger partial charge in [-0.25, -0.2) is 4.79 Å². The molecule has 1 fully saturated rings. The van der Waals surface area contributed by atoms with Crippen LogP contribution in [0, 0.1) is 5.92 Å². The second-order valence-electron chi connectivity index (χ2n) is 7.67. The van der Waals surface area contributed by atoms with Gasteiger partial charge in [-0.1, -0.05) is 13.8 Å². The zero-order chi connectivity index (χ0) is 23.0. The van der Waals surface area contributed by atoms with E-state index >= 15 is 0 Å². The highest BCUT2D eigenvalue weighted by atomic mass is 32.1. The first-order valence-corrected chi connectivity index (χ1v) is 10.3. The molecule has 0 saturated carbocycles. The van der Waals surface area contributed by atoms with Gasteiger partial charge in [0.05, 0.1) is 12.5 Å². The van der Waals surface area contributed by atoms with Crippen molar-refractivity contribution in [1.29, 1.82) is 0 Å². The predicted octanol–water partition coefficient (Wildman–Crippen LogP) is -1.19. The molecule has 6 N–H and O–H groups in total. The summed E-state index contributed by atoms with van der Waals surface area (Å²) in [6.45, 7) is 3.92. The highest BCUT2D eigenvalue weighted by molar-refractivity contribution is 7.80. The van der Waals surface area contributed by atoms with Crippen LogP contribution in [0.1, 0.15) is 39.5 Å². The van der Waals surface area contributed by atoms with Gasteiger partial charge in [-0.3, -0.25) is 19.2 Å². The van der Waals surface area contributed by atoms with Crippen molar-refractivity contribution in [2.45, 2.75) is 63.7 Å². The number of amides is 3. The van der Waals surface area contributed by atoms with E-state index in [0.29, 0.717) is 12.8 Å². The molecule has 0 radical (unpaired) electrons. The number of aliphatic carboxylic acids is 2. The molecule has 1 rings (SSSR count). The number of likely N-dealkylation sites (tertiary alicyclic amines) is 1. The van der Waals surface area contributed by atoms with E-state index in [2.05, 4.69) is 23.3 Å². The summed E-state index contributed by atoms with van der Waals surface area (Å²) in [6.07, 6.45) is 0.517. The van der Waals surface area contributed by atoms with Crippen molar-refractivity contribution >= 4 is 42.3 Å².